The fourth-order valence-corrected chi connectivity index (χ4v) is 2.62. The third-order valence-corrected chi connectivity index (χ3v) is 4.80. The largest absolute Gasteiger partial charge is 0.350 e. The molecule has 2 rings (SSSR count). The van der Waals surface area contributed by atoms with Crippen LogP contribution in [0.25, 0.3) is 0 Å². The van der Waals surface area contributed by atoms with E-state index in [1.807, 2.05) is 0 Å². The topological polar surface area (TPSA) is 89.3 Å². The number of nitrogens with one attached hydrogen (secondary N) is 1. The number of alkyl halides is 2. The van der Waals surface area contributed by atoms with E-state index in [0.29, 0.717) is 12.5 Å². The number of hydrogen-bond donors (Lipinski definition) is 2. The lowest BCUT2D eigenvalue weighted by Gasteiger charge is -2.11. The number of carbonyl (C=O) groups is 1. The first-order valence-corrected chi connectivity index (χ1v) is 8.03. The molecule has 5 nitrogen and oxygen atoms in total. The Bertz CT molecular complexity index is 619. The molecule has 3 N–H and O–H groups in total. The molecule has 1 aromatic rings. The molecule has 0 heterocycles. The Kier molecular flexibility index (Phi) is 6.27. The van der Waals surface area contributed by atoms with E-state index >= 15 is 0 Å². The Morgan fingerprint density at radius 2 is 1.82 bits per heavy atom. The molecule has 9 heteroatoms. The van der Waals surface area contributed by atoms with E-state index in [9.17, 15) is 22.0 Å². The van der Waals surface area contributed by atoms with E-state index in [2.05, 4.69) is 5.32 Å². The van der Waals surface area contributed by atoms with Crippen LogP contribution in [0.15, 0.2) is 29.2 Å². The molecule has 124 valence electrons. The van der Waals surface area contributed by atoms with Gasteiger partial charge in [0.25, 0.3) is 5.91 Å². The minimum Gasteiger partial charge on any atom is -0.350 e. The SMILES string of the molecule is Cl.NC(CNC(=O)c1ccc(S(=O)(=O)C(F)F)cc1)C1CC1. The van der Waals surface area contributed by atoms with Crippen molar-refractivity contribution in [1.29, 1.82) is 0 Å². The molecule has 0 aliphatic heterocycles. The second-order valence-electron chi connectivity index (χ2n) is 5.04. The van der Waals surface area contributed by atoms with Gasteiger partial charge in [0, 0.05) is 18.2 Å². The second-order valence-corrected chi connectivity index (χ2v) is 6.96. The number of nitrogens with two attached hydrogens (primary N) is 1. The fraction of sp³-hybridized carbons (Fsp3) is 0.462. The van der Waals surface area contributed by atoms with Crippen LogP contribution in [0, 0.1) is 5.92 Å². The molecule has 1 fully saturated rings. The smallest absolute Gasteiger partial charge is 0.341 e. The van der Waals surface area contributed by atoms with Gasteiger partial charge in [0.2, 0.25) is 9.84 Å². The van der Waals surface area contributed by atoms with Gasteiger partial charge in [-0.25, -0.2) is 8.42 Å². The first-order valence-electron chi connectivity index (χ1n) is 6.48. The predicted molar refractivity (Wildman–Crippen MR) is 79.9 cm³/mol. The highest BCUT2D eigenvalue weighted by atomic mass is 35.5. The Hall–Kier alpha value is -1.25. The molecule has 1 aliphatic rings. The van der Waals surface area contributed by atoms with E-state index in [4.69, 9.17) is 5.73 Å². The molecule has 1 aliphatic carbocycles. The van der Waals surface area contributed by atoms with Gasteiger partial charge in [-0.1, -0.05) is 0 Å². The van der Waals surface area contributed by atoms with Gasteiger partial charge in [-0.05, 0) is 43.0 Å². The van der Waals surface area contributed by atoms with Crippen LogP contribution in [0.2, 0.25) is 0 Å². The van der Waals surface area contributed by atoms with Crippen LogP contribution >= 0.6 is 12.4 Å². The first kappa shape index (κ1) is 18.8. The lowest BCUT2D eigenvalue weighted by molar-refractivity contribution is 0.0950. The van der Waals surface area contributed by atoms with Crippen LogP contribution in [0.5, 0.6) is 0 Å². The summed E-state index contributed by atoms with van der Waals surface area (Å²) in [6.45, 7) is 0.334. The van der Waals surface area contributed by atoms with E-state index in [1.165, 1.54) is 12.1 Å². The summed E-state index contributed by atoms with van der Waals surface area (Å²) in [5, 5.41) is 2.64. The number of halogens is 3. The summed E-state index contributed by atoms with van der Waals surface area (Å²) in [4.78, 5) is 11.3. The Morgan fingerprint density at radius 3 is 2.27 bits per heavy atom. The van der Waals surface area contributed by atoms with Crippen molar-refractivity contribution in [3.05, 3.63) is 29.8 Å². The zero-order valence-electron chi connectivity index (χ0n) is 11.5. The zero-order valence-corrected chi connectivity index (χ0v) is 13.2. The third-order valence-electron chi connectivity index (χ3n) is 3.41. The van der Waals surface area contributed by atoms with Crippen molar-refractivity contribution in [2.24, 2.45) is 11.7 Å². The highest BCUT2D eigenvalue weighted by Gasteiger charge is 2.29. The molecule has 22 heavy (non-hydrogen) atoms. The van der Waals surface area contributed by atoms with Crippen LogP contribution in [0.1, 0.15) is 23.2 Å². The van der Waals surface area contributed by atoms with Crippen LogP contribution in [-0.2, 0) is 9.84 Å². The molecule has 1 saturated carbocycles. The van der Waals surface area contributed by atoms with Gasteiger partial charge in [-0.3, -0.25) is 4.79 Å². The monoisotopic (exact) mass is 354 g/mol. The van der Waals surface area contributed by atoms with Crippen LogP contribution in [0.3, 0.4) is 0 Å². The van der Waals surface area contributed by atoms with Crippen molar-refractivity contribution in [3.8, 4) is 0 Å². The molecule has 1 unspecified atom stereocenters. The molecule has 1 amide bonds. The highest BCUT2D eigenvalue weighted by molar-refractivity contribution is 7.91. The van der Waals surface area contributed by atoms with Gasteiger partial charge in [-0.15, -0.1) is 12.4 Å². The minimum atomic E-state index is -4.63. The molecule has 0 aromatic heterocycles. The van der Waals surface area contributed by atoms with Gasteiger partial charge < -0.3 is 11.1 Å². The number of amides is 1. The molecule has 1 aromatic carbocycles. The summed E-state index contributed by atoms with van der Waals surface area (Å²) in [6, 6.07) is 4.31. The lowest BCUT2D eigenvalue weighted by Crippen LogP contribution is -2.38. The number of rotatable bonds is 6. The van der Waals surface area contributed by atoms with Gasteiger partial charge in [-0.2, -0.15) is 8.78 Å². The summed E-state index contributed by atoms with van der Waals surface area (Å²) in [6.07, 6.45) is 2.13. The number of hydrogen-bond acceptors (Lipinski definition) is 4. The van der Waals surface area contributed by atoms with Crippen LogP contribution < -0.4 is 11.1 Å². The van der Waals surface area contributed by atoms with Crippen molar-refractivity contribution in [3.63, 3.8) is 0 Å². The van der Waals surface area contributed by atoms with Crippen molar-refractivity contribution < 1.29 is 22.0 Å². The number of sulfone groups is 1. The van der Waals surface area contributed by atoms with Gasteiger partial charge in [0.1, 0.15) is 0 Å². The number of benzene rings is 1. The highest BCUT2D eigenvalue weighted by Crippen LogP contribution is 2.31. The summed E-state index contributed by atoms with van der Waals surface area (Å²) in [5.74, 6) is -3.44. The van der Waals surface area contributed by atoms with Crippen molar-refractivity contribution >= 4 is 28.2 Å². The summed E-state index contributed by atoms with van der Waals surface area (Å²) in [7, 11) is -4.63. The number of carbonyl (C=O) groups excluding carboxylic acids is 1. The summed E-state index contributed by atoms with van der Waals surface area (Å²) < 4.78 is 47.2. The maximum absolute atomic E-state index is 12.4. The van der Waals surface area contributed by atoms with Crippen LogP contribution in [0.4, 0.5) is 8.78 Å². The zero-order chi connectivity index (χ0) is 15.6. The Labute approximate surface area is 133 Å². The van der Waals surface area contributed by atoms with E-state index in [0.717, 1.165) is 25.0 Å². The summed E-state index contributed by atoms with van der Waals surface area (Å²) in [5.41, 5.74) is 6.04. The molecule has 0 spiro atoms. The maximum Gasteiger partial charge on any atom is 0.341 e. The molecule has 0 saturated heterocycles. The van der Waals surface area contributed by atoms with Crippen LogP contribution in [-0.4, -0.2) is 32.7 Å². The van der Waals surface area contributed by atoms with E-state index in [1.54, 1.807) is 0 Å². The second kappa shape index (κ2) is 7.34. The molecular weight excluding hydrogens is 338 g/mol. The fourth-order valence-electron chi connectivity index (χ4n) is 1.90. The van der Waals surface area contributed by atoms with Crippen molar-refractivity contribution in [2.75, 3.05) is 6.54 Å². The maximum atomic E-state index is 12.4. The third kappa shape index (κ3) is 4.37. The van der Waals surface area contributed by atoms with E-state index in [-0.39, 0.29) is 24.0 Å². The minimum absolute atomic E-state index is 0. The van der Waals surface area contributed by atoms with E-state index < -0.39 is 26.4 Å². The Balaban J connectivity index is 0.00000242. The molecule has 1 atom stereocenters. The molecule has 0 bridgehead atoms. The van der Waals surface area contributed by atoms with Crippen molar-refractivity contribution in [2.45, 2.75) is 29.5 Å². The average molecular weight is 355 g/mol. The van der Waals surface area contributed by atoms with Crippen molar-refractivity contribution in [1.82, 2.24) is 5.32 Å². The molecule has 0 radical (unpaired) electrons. The van der Waals surface area contributed by atoms with Gasteiger partial charge >= 0.3 is 5.76 Å². The van der Waals surface area contributed by atoms with Gasteiger partial charge in [0.15, 0.2) is 0 Å². The lowest BCUT2D eigenvalue weighted by atomic mass is 10.2. The normalized spacial score (nSPS) is 16.0. The standard InChI is InChI=1S/C13H16F2N2O3S.ClH/c14-13(15)21(19,20)10-5-3-9(4-6-10)12(18)17-7-11(16)8-1-2-8;/h3-6,8,11,13H,1-2,7,16H2,(H,17,18);1H. The molecular formula is C13H17ClF2N2O3S. The quantitative estimate of drug-likeness (QED) is 0.811. The Morgan fingerprint density at radius 1 is 1.27 bits per heavy atom. The first-order chi connectivity index (χ1) is 9.82. The predicted octanol–water partition coefficient (Wildman–Crippen LogP) is 1.57. The summed E-state index contributed by atoms with van der Waals surface area (Å²) >= 11 is 0. The van der Waals surface area contributed by atoms with Gasteiger partial charge in [0.05, 0.1) is 4.90 Å². The average Bonchev–Trinajstić information content (AvgIpc) is 3.29.